The lowest BCUT2D eigenvalue weighted by atomic mass is 9.85. The van der Waals surface area contributed by atoms with Crippen LogP contribution in [0.5, 0.6) is 0 Å². The zero-order valence-electron chi connectivity index (χ0n) is 12.8. The van der Waals surface area contributed by atoms with Crippen LogP contribution >= 0.6 is 0 Å². The average molecular weight is 294 g/mol. The highest BCUT2D eigenvalue weighted by atomic mass is 16.4. The Hall–Kier alpha value is -1.10. The van der Waals surface area contributed by atoms with Gasteiger partial charge in [0, 0.05) is 18.6 Å². The molecule has 3 aliphatic rings. The molecule has 0 aromatic carbocycles. The molecule has 0 bridgehead atoms. The zero-order chi connectivity index (χ0) is 15.0. The molecule has 1 heterocycles. The third kappa shape index (κ3) is 2.93. The zero-order valence-corrected chi connectivity index (χ0v) is 12.8. The summed E-state index contributed by atoms with van der Waals surface area (Å²) in [5.74, 6) is -0.159. The first kappa shape index (κ1) is 14.8. The van der Waals surface area contributed by atoms with Crippen molar-refractivity contribution in [3.05, 3.63) is 0 Å². The summed E-state index contributed by atoms with van der Waals surface area (Å²) in [6, 6.07) is 0.261. The van der Waals surface area contributed by atoms with Crippen LogP contribution < -0.4 is 0 Å². The Morgan fingerprint density at radius 2 is 1.90 bits per heavy atom. The van der Waals surface area contributed by atoms with Crippen molar-refractivity contribution in [1.82, 2.24) is 9.80 Å². The predicted molar refractivity (Wildman–Crippen MR) is 78.9 cm³/mol. The van der Waals surface area contributed by atoms with Crippen LogP contribution in [0.4, 0.5) is 0 Å². The van der Waals surface area contributed by atoms with Crippen LogP contribution in [0.3, 0.4) is 0 Å². The van der Waals surface area contributed by atoms with Gasteiger partial charge >= 0.3 is 5.97 Å². The smallest absolute Gasteiger partial charge is 0.320 e. The van der Waals surface area contributed by atoms with Crippen LogP contribution in [0, 0.1) is 5.92 Å². The molecule has 0 radical (unpaired) electrons. The van der Waals surface area contributed by atoms with E-state index in [1.807, 2.05) is 16.7 Å². The molecule has 5 heteroatoms. The lowest BCUT2D eigenvalue weighted by Gasteiger charge is -2.34. The van der Waals surface area contributed by atoms with Crippen LogP contribution in [0.1, 0.15) is 51.9 Å². The molecule has 3 rings (SSSR count). The summed E-state index contributed by atoms with van der Waals surface area (Å²) in [6.07, 6.45) is 7.48. The highest BCUT2D eigenvalue weighted by Crippen LogP contribution is 2.40. The molecular weight excluding hydrogens is 268 g/mol. The number of carbonyl (C=O) groups excluding carboxylic acids is 1. The molecule has 5 nitrogen and oxygen atoms in total. The lowest BCUT2D eigenvalue weighted by Crippen LogP contribution is -2.49. The topological polar surface area (TPSA) is 60.9 Å². The molecule has 1 saturated heterocycles. The van der Waals surface area contributed by atoms with Crippen LogP contribution in [0.25, 0.3) is 0 Å². The summed E-state index contributed by atoms with van der Waals surface area (Å²) < 4.78 is 0. The maximum Gasteiger partial charge on any atom is 0.320 e. The van der Waals surface area contributed by atoms with Crippen molar-refractivity contribution >= 4 is 11.9 Å². The Bertz CT molecular complexity index is 422. The van der Waals surface area contributed by atoms with Crippen molar-refractivity contribution in [3.8, 4) is 0 Å². The van der Waals surface area contributed by atoms with Gasteiger partial charge in [-0.25, -0.2) is 0 Å². The van der Waals surface area contributed by atoms with E-state index in [0.717, 1.165) is 45.1 Å². The molecule has 0 aromatic rings. The second-order valence-corrected chi connectivity index (χ2v) is 6.78. The van der Waals surface area contributed by atoms with Gasteiger partial charge < -0.3 is 10.0 Å². The molecule has 1 amide bonds. The van der Waals surface area contributed by atoms with Gasteiger partial charge in [-0.1, -0.05) is 12.8 Å². The lowest BCUT2D eigenvalue weighted by molar-refractivity contribution is -0.144. The fraction of sp³-hybridized carbons (Fsp3) is 0.875. The maximum atomic E-state index is 12.5. The Kier molecular flexibility index (Phi) is 4.20. The number of carbonyl (C=O) groups is 2. The minimum absolute atomic E-state index is 0.123. The van der Waals surface area contributed by atoms with Gasteiger partial charge in [0.2, 0.25) is 5.91 Å². The Balaban J connectivity index is 1.70. The number of likely N-dealkylation sites (tertiary alicyclic amines) is 1. The minimum Gasteiger partial charge on any atom is -0.480 e. The number of amides is 1. The fourth-order valence-corrected chi connectivity index (χ4v) is 4.29. The second kappa shape index (κ2) is 5.95. The Morgan fingerprint density at radius 1 is 1.19 bits per heavy atom. The first-order chi connectivity index (χ1) is 10.1. The van der Waals surface area contributed by atoms with Crippen molar-refractivity contribution in [2.75, 3.05) is 13.1 Å². The van der Waals surface area contributed by atoms with E-state index in [1.165, 1.54) is 6.42 Å². The number of carboxylic acid groups (broad SMARTS) is 1. The summed E-state index contributed by atoms with van der Waals surface area (Å²) in [4.78, 5) is 28.0. The van der Waals surface area contributed by atoms with Crippen molar-refractivity contribution < 1.29 is 14.7 Å². The summed E-state index contributed by atoms with van der Waals surface area (Å²) in [7, 11) is 0. The summed E-state index contributed by atoms with van der Waals surface area (Å²) in [6.45, 7) is 3.05. The number of likely N-dealkylation sites (N-methyl/N-ethyl adjacent to an activating group) is 1. The summed E-state index contributed by atoms with van der Waals surface area (Å²) in [5.41, 5.74) is 0. The van der Waals surface area contributed by atoms with Crippen molar-refractivity contribution in [1.29, 1.82) is 0 Å². The van der Waals surface area contributed by atoms with Gasteiger partial charge in [-0.2, -0.15) is 0 Å². The first-order valence-corrected chi connectivity index (χ1v) is 8.39. The highest BCUT2D eigenvalue weighted by molar-refractivity contribution is 5.81. The van der Waals surface area contributed by atoms with Crippen LogP contribution in [0.2, 0.25) is 0 Å². The predicted octanol–water partition coefficient (Wildman–Crippen LogP) is 1.71. The van der Waals surface area contributed by atoms with Gasteiger partial charge in [-0.15, -0.1) is 0 Å². The SMILES string of the molecule is CCN(C(=O)CN1C(C(=O)O)CC2CCCCC21)C1CC1. The molecule has 0 spiro atoms. The molecule has 3 atom stereocenters. The molecular formula is C16H26N2O3. The van der Waals surface area contributed by atoms with Gasteiger partial charge in [0.25, 0.3) is 0 Å². The van der Waals surface area contributed by atoms with Crippen LogP contribution in [0.15, 0.2) is 0 Å². The quantitative estimate of drug-likeness (QED) is 0.838. The van der Waals surface area contributed by atoms with E-state index < -0.39 is 12.0 Å². The van der Waals surface area contributed by atoms with Gasteiger partial charge in [0.05, 0.1) is 6.54 Å². The monoisotopic (exact) mass is 294 g/mol. The number of carboxylic acids is 1. The number of hydrogen-bond donors (Lipinski definition) is 1. The number of fused-ring (bicyclic) bond motifs is 1. The summed E-state index contributed by atoms with van der Waals surface area (Å²) in [5, 5.41) is 9.49. The Labute approximate surface area is 126 Å². The Morgan fingerprint density at radius 3 is 2.52 bits per heavy atom. The van der Waals surface area contributed by atoms with Crippen LogP contribution in [-0.2, 0) is 9.59 Å². The standard InChI is InChI=1S/C16H26N2O3/c1-2-17(12-7-8-12)15(19)10-18-13-6-4-3-5-11(13)9-14(18)16(20)21/h11-14H,2-10H2,1H3,(H,20,21). The molecule has 3 fully saturated rings. The van der Waals surface area contributed by atoms with Gasteiger partial charge in [0.15, 0.2) is 0 Å². The van der Waals surface area contributed by atoms with E-state index in [4.69, 9.17) is 0 Å². The average Bonchev–Trinajstić information content (AvgIpc) is 3.22. The van der Waals surface area contributed by atoms with E-state index >= 15 is 0 Å². The van der Waals surface area contributed by atoms with E-state index in [9.17, 15) is 14.7 Å². The minimum atomic E-state index is -0.758. The number of hydrogen-bond acceptors (Lipinski definition) is 3. The molecule has 2 saturated carbocycles. The van der Waals surface area contributed by atoms with Crippen molar-refractivity contribution in [3.63, 3.8) is 0 Å². The van der Waals surface area contributed by atoms with E-state index in [1.54, 1.807) is 0 Å². The van der Waals surface area contributed by atoms with Crippen molar-refractivity contribution in [2.45, 2.75) is 70.0 Å². The van der Waals surface area contributed by atoms with Gasteiger partial charge in [-0.3, -0.25) is 14.5 Å². The third-order valence-electron chi connectivity index (χ3n) is 5.47. The number of rotatable bonds is 5. The fourth-order valence-electron chi connectivity index (χ4n) is 4.29. The largest absolute Gasteiger partial charge is 0.480 e. The highest BCUT2D eigenvalue weighted by Gasteiger charge is 2.46. The van der Waals surface area contributed by atoms with E-state index in [2.05, 4.69) is 0 Å². The molecule has 118 valence electrons. The van der Waals surface area contributed by atoms with E-state index in [0.29, 0.717) is 24.5 Å². The maximum absolute atomic E-state index is 12.5. The van der Waals surface area contributed by atoms with E-state index in [-0.39, 0.29) is 5.91 Å². The number of nitrogens with zero attached hydrogens (tertiary/aromatic N) is 2. The third-order valence-corrected chi connectivity index (χ3v) is 5.47. The normalized spacial score (nSPS) is 32.7. The molecule has 1 N–H and O–H groups in total. The second-order valence-electron chi connectivity index (χ2n) is 6.78. The molecule has 1 aliphatic heterocycles. The molecule has 21 heavy (non-hydrogen) atoms. The summed E-state index contributed by atoms with van der Waals surface area (Å²) >= 11 is 0. The molecule has 2 aliphatic carbocycles. The van der Waals surface area contributed by atoms with Crippen molar-refractivity contribution in [2.24, 2.45) is 5.92 Å². The van der Waals surface area contributed by atoms with Crippen LogP contribution in [-0.4, -0.2) is 58.0 Å². The van der Waals surface area contributed by atoms with Gasteiger partial charge in [-0.05, 0) is 44.9 Å². The molecule has 0 aromatic heterocycles. The van der Waals surface area contributed by atoms with Gasteiger partial charge in [0.1, 0.15) is 6.04 Å². The molecule has 3 unspecified atom stereocenters. The first-order valence-electron chi connectivity index (χ1n) is 8.39. The number of aliphatic carboxylic acids is 1.